The third-order valence-electron chi connectivity index (χ3n) is 4.17. The molecule has 0 fully saturated rings. The quantitative estimate of drug-likeness (QED) is 0.400. The van der Waals surface area contributed by atoms with Crippen molar-refractivity contribution in [1.29, 1.82) is 5.26 Å². The predicted octanol–water partition coefficient (Wildman–Crippen LogP) is 3.17. The molecule has 1 aromatic heterocycles. The Labute approximate surface area is 170 Å². The third-order valence-corrected chi connectivity index (χ3v) is 4.17. The summed E-state index contributed by atoms with van der Waals surface area (Å²) in [5, 5.41) is 12.1. The Morgan fingerprint density at radius 2 is 1.86 bits per heavy atom. The average molecular weight is 392 g/mol. The minimum absolute atomic E-state index is 0.0102. The molecule has 0 atom stereocenters. The van der Waals surface area contributed by atoms with E-state index in [1.807, 2.05) is 30.0 Å². The van der Waals surface area contributed by atoms with Gasteiger partial charge in [-0.25, -0.2) is 4.79 Å². The molecule has 0 unspecified atom stereocenters. The van der Waals surface area contributed by atoms with E-state index in [0.29, 0.717) is 30.9 Å². The first-order valence-electron chi connectivity index (χ1n) is 9.40. The summed E-state index contributed by atoms with van der Waals surface area (Å²) in [7, 11) is 0. The van der Waals surface area contributed by atoms with Crippen molar-refractivity contribution in [2.24, 2.45) is 0 Å². The van der Waals surface area contributed by atoms with Gasteiger partial charge in [-0.1, -0.05) is 0 Å². The molecule has 0 spiro atoms. The first kappa shape index (κ1) is 21.6. The summed E-state index contributed by atoms with van der Waals surface area (Å²) in [6, 6.07) is 12.2. The van der Waals surface area contributed by atoms with Crippen LogP contribution in [0.25, 0.3) is 0 Å². The molecule has 0 aliphatic rings. The van der Waals surface area contributed by atoms with Crippen molar-refractivity contribution >= 4 is 17.6 Å². The van der Waals surface area contributed by atoms with Gasteiger partial charge in [0.05, 0.1) is 12.2 Å². The molecule has 7 heteroatoms. The van der Waals surface area contributed by atoms with Crippen LogP contribution in [-0.2, 0) is 16.0 Å². The molecule has 1 heterocycles. The maximum Gasteiger partial charge on any atom is 0.338 e. The minimum Gasteiger partial charge on any atom is -0.462 e. The number of amides is 1. The molecule has 1 amide bonds. The van der Waals surface area contributed by atoms with Crippen LogP contribution < -0.4 is 5.32 Å². The van der Waals surface area contributed by atoms with Crippen LogP contribution in [0, 0.1) is 11.3 Å². The topological polar surface area (TPSA) is 95.3 Å². The molecular weight excluding hydrogens is 368 g/mol. The van der Waals surface area contributed by atoms with Gasteiger partial charge in [-0.15, -0.1) is 0 Å². The van der Waals surface area contributed by atoms with Crippen LogP contribution in [0.2, 0.25) is 0 Å². The van der Waals surface area contributed by atoms with Gasteiger partial charge in [-0.05, 0) is 62.2 Å². The van der Waals surface area contributed by atoms with E-state index in [-0.39, 0.29) is 5.57 Å². The molecule has 2 rings (SSSR count). The van der Waals surface area contributed by atoms with Crippen LogP contribution in [0.3, 0.4) is 0 Å². The van der Waals surface area contributed by atoms with Crippen LogP contribution in [0.1, 0.15) is 29.8 Å². The molecule has 1 N–H and O–H groups in total. The fourth-order valence-corrected chi connectivity index (χ4v) is 2.56. The molecule has 0 aliphatic heterocycles. The number of hydrogen-bond acceptors (Lipinski definition) is 6. The Hall–Kier alpha value is -3.66. The number of nitriles is 1. The van der Waals surface area contributed by atoms with Gasteiger partial charge >= 0.3 is 5.97 Å². The van der Waals surface area contributed by atoms with E-state index in [1.54, 1.807) is 49.8 Å². The lowest BCUT2D eigenvalue weighted by Gasteiger charge is -2.18. The number of rotatable bonds is 9. The van der Waals surface area contributed by atoms with Crippen molar-refractivity contribution in [2.75, 3.05) is 25.0 Å². The molecule has 0 bridgehead atoms. The number of aromatic nitrogens is 1. The molecule has 0 saturated carbocycles. The van der Waals surface area contributed by atoms with Crippen molar-refractivity contribution < 1.29 is 14.3 Å². The number of hydrogen-bond donors (Lipinski definition) is 1. The molecule has 7 nitrogen and oxygen atoms in total. The standard InChI is InChI=1S/C22H24N4O3/c1-3-26(14-11-17-9-12-24-13-10-17)16-19(15-23)21(27)25-20-7-5-18(6-8-20)22(28)29-4-2/h5-10,12-13,16H,3-4,11,14H2,1-2H3,(H,25,27)/b19-16-. The lowest BCUT2D eigenvalue weighted by molar-refractivity contribution is -0.112. The molecule has 0 radical (unpaired) electrons. The fraction of sp³-hybridized carbons (Fsp3) is 0.273. The van der Waals surface area contributed by atoms with E-state index < -0.39 is 11.9 Å². The van der Waals surface area contributed by atoms with Crippen molar-refractivity contribution in [3.63, 3.8) is 0 Å². The summed E-state index contributed by atoms with van der Waals surface area (Å²) < 4.78 is 4.93. The first-order valence-corrected chi connectivity index (χ1v) is 9.40. The van der Waals surface area contributed by atoms with E-state index in [0.717, 1.165) is 12.0 Å². The molecule has 0 saturated heterocycles. The smallest absolute Gasteiger partial charge is 0.338 e. The molecule has 29 heavy (non-hydrogen) atoms. The molecule has 0 aliphatic carbocycles. The largest absolute Gasteiger partial charge is 0.462 e. The molecular formula is C22H24N4O3. The van der Waals surface area contributed by atoms with Gasteiger partial charge < -0.3 is 15.0 Å². The number of likely N-dealkylation sites (N-methyl/N-ethyl adjacent to an activating group) is 1. The van der Waals surface area contributed by atoms with Crippen LogP contribution in [-0.4, -0.2) is 41.5 Å². The van der Waals surface area contributed by atoms with Crippen molar-refractivity contribution in [3.8, 4) is 6.07 Å². The zero-order valence-electron chi connectivity index (χ0n) is 16.6. The van der Waals surface area contributed by atoms with Gasteiger partial charge in [-0.3, -0.25) is 9.78 Å². The van der Waals surface area contributed by atoms with Crippen molar-refractivity contribution in [1.82, 2.24) is 9.88 Å². The summed E-state index contributed by atoms with van der Waals surface area (Å²) in [6.45, 7) is 5.33. The predicted molar refractivity (Wildman–Crippen MR) is 110 cm³/mol. The zero-order chi connectivity index (χ0) is 21.1. The first-order chi connectivity index (χ1) is 14.1. The number of pyridine rings is 1. The lowest BCUT2D eigenvalue weighted by Crippen LogP contribution is -2.23. The summed E-state index contributed by atoms with van der Waals surface area (Å²) in [6.07, 6.45) is 5.83. The number of nitrogens with zero attached hydrogens (tertiary/aromatic N) is 3. The number of benzene rings is 1. The second-order valence-corrected chi connectivity index (χ2v) is 6.14. The number of nitrogens with one attached hydrogen (secondary N) is 1. The van der Waals surface area contributed by atoms with E-state index in [1.165, 1.54) is 0 Å². The van der Waals surface area contributed by atoms with E-state index in [9.17, 15) is 14.9 Å². The number of ether oxygens (including phenoxy) is 1. The number of esters is 1. The average Bonchev–Trinajstić information content (AvgIpc) is 2.75. The third kappa shape index (κ3) is 6.78. The zero-order valence-corrected chi connectivity index (χ0v) is 16.6. The Morgan fingerprint density at radius 3 is 2.45 bits per heavy atom. The summed E-state index contributed by atoms with van der Waals surface area (Å²) in [5.41, 5.74) is 2.03. The highest BCUT2D eigenvalue weighted by molar-refractivity contribution is 6.06. The van der Waals surface area contributed by atoms with Crippen LogP contribution >= 0.6 is 0 Å². The Kier molecular flexibility index (Phi) is 8.39. The number of carbonyl (C=O) groups is 2. The normalized spacial score (nSPS) is 10.7. The van der Waals surface area contributed by atoms with Crippen LogP contribution in [0.5, 0.6) is 0 Å². The van der Waals surface area contributed by atoms with Crippen molar-refractivity contribution in [3.05, 3.63) is 71.7 Å². The van der Waals surface area contributed by atoms with E-state index >= 15 is 0 Å². The highest BCUT2D eigenvalue weighted by atomic mass is 16.5. The summed E-state index contributed by atoms with van der Waals surface area (Å²) in [4.78, 5) is 30.1. The van der Waals surface area contributed by atoms with Crippen LogP contribution in [0.15, 0.2) is 60.6 Å². The maximum absolute atomic E-state index is 12.5. The van der Waals surface area contributed by atoms with Gasteiger partial charge in [0.25, 0.3) is 5.91 Å². The maximum atomic E-state index is 12.5. The fourth-order valence-electron chi connectivity index (χ4n) is 2.56. The van der Waals surface area contributed by atoms with Gasteiger partial charge in [0.1, 0.15) is 11.6 Å². The number of carbonyl (C=O) groups excluding carboxylic acids is 2. The highest BCUT2D eigenvalue weighted by Gasteiger charge is 2.12. The Morgan fingerprint density at radius 1 is 1.17 bits per heavy atom. The van der Waals surface area contributed by atoms with Gasteiger partial charge in [-0.2, -0.15) is 5.26 Å². The second kappa shape index (κ2) is 11.2. The van der Waals surface area contributed by atoms with Gasteiger partial charge in [0, 0.05) is 37.4 Å². The van der Waals surface area contributed by atoms with E-state index in [2.05, 4.69) is 10.3 Å². The minimum atomic E-state index is -0.501. The number of anilines is 1. The lowest BCUT2D eigenvalue weighted by atomic mass is 10.2. The van der Waals surface area contributed by atoms with E-state index in [4.69, 9.17) is 4.74 Å². The van der Waals surface area contributed by atoms with Crippen molar-refractivity contribution in [2.45, 2.75) is 20.3 Å². The molecule has 1 aromatic carbocycles. The molecule has 2 aromatic rings. The summed E-state index contributed by atoms with van der Waals surface area (Å²) in [5.74, 6) is -0.922. The monoisotopic (exact) mass is 392 g/mol. The highest BCUT2D eigenvalue weighted by Crippen LogP contribution is 2.12. The Bertz CT molecular complexity index is 887. The van der Waals surface area contributed by atoms with Gasteiger partial charge in [0.15, 0.2) is 0 Å². The summed E-state index contributed by atoms with van der Waals surface area (Å²) >= 11 is 0. The second-order valence-electron chi connectivity index (χ2n) is 6.14. The Balaban J connectivity index is 2.00. The SMILES string of the molecule is CCOC(=O)c1ccc(NC(=O)/C(C#N)=C\N(CC)CCc2ccncc2)cc1. The van der Waals surface area contributed by atoms with Crippen LogP contribution in [0.4, 0.5) is 5.69 Å². The van der Waals surface area contributed by atoms with Gasteiger partial charge in [0.2, 0.25) is 0 Å². The molecule has 150 valence electrons.